The first-order chi connectivity index (χ1) is 9.99. The summed E-state index contributed by atoms with van der Waals surface area (Å²) in [6, 6.07) is 3.01. The molecule has 1 saturated heterocycles. The molecular weight excluding hydrogens is 361 g/mol. The van der Waals surface area contributed by atoms with Gasteiger partial charge in [-0.3, -0.25) is 4.79 Å². The van der Waals surface area contributed by atoms with Crippen molar-refractivity contribution in [3.8, 4) is 0 Å². The third-order valence-electron chi connectivity index (χ3n) is 3.74. The summed E-state index contributed by atoms with van der Waals surface area (Å²) in [6.07, 6.45) is 2.05. The number of amides is 1. The van der Waals surface area contributed by atoms with Crippen molar-refractivity contribution in [2.45, 2.75) is 24.3 Å². The molecule has 1 saturated carbocycles. The number of benzene rings is 1. The van der Waals surface area contributed by atoms with Crippen molar-refractivity contribution in [2.24, 2.45) is 5.92 Å². The van der Waals surface area contributed by atoms with E-state index < -0.39 is 17.8 Å². The predicted molar refractivity (Wildman–Crippen MR) is 80.7 cm³/mol. The minimum atomic E-state index is -0.989. The highest BCUT2D eigenvalue weighted by molar-refractivity contribution is 9.10. The molecule has 4 nitrogen and oxygen atoms in total. The van der Waals surface area contributed by atoms with Gasteiger partial charge in [-0.25, -0.2) is 9.18 Å². The molecule has 1 amide bonds. The highest BCUT2D eigenvalue weighted by Crippen LogP contribution is 2.46. The highest BCUT2D eigenvalue weighted by atomic mass is 79.9. The number of halogens is 2. The van der Waals surface area contributed by atoms with Gasteiger partial charge in [0.25, 0.3) is 5.91 Å². The molecule has 0 radical (unpaired) electrons. The van der Waals surface area contributed by atoms with Gasteiger partial charge in [-0.05, 0) is 52.9 Å². The molecule has 21 heavy (non-hydrogen) atoms. The molecule has 2 unspecified atom stereocenters. The van der Waals surface area contributed by atoms with E-state index in [0.717, 1.165) is 12.8 Å². The van der Waals surface area contributed by atoms with Gasteiger partial charge in [-0.15, -0.1) is 11.8 Å². The number of rotatable bonds is 3. The SMILES string of the molecule is O=C(O)C1CSC(C2CC2)N1C(=O)c1ccc(F)cc1Br. The molecule has 1 N–H and O–H groups in total. The lowest BCUT2D eigenvalue weighted by Gasteiger charge is -2.27. The zero-order valence-corrected chi connectivity index (χ0v) is 13.4. The molecule has 2 fully saturated rings. The summed E-state index contributed by atoms with van der Waals surface area (Å²) in [6.45, 7) is 0. The molecular formula is C14H13BrFNO3S. The van der Waals surface area contributed by atoms with E-state index in [4.69, 9.17) is 0 Å². The fourth-order valence-electron chi connectivity index (χ4n) is 2.52. The zero-order chi connectivity index (χ0) is 15.1. The van der Waals surface area contributed by atoms with E-state index in [-0.39, 0.29) is 11.3 Å². The predicted octanol–water partition coefficient (Wildman–Crippen LogP) is 2.97. The molecule has 3 rings (SSSR count). The maximum absolute atomic E-state index is 13.2. The molecule has 1 aliphatic heterocycles. The molecule has 0 bridgehead atoms. The number of carbonyl (C=O) groups excluding carboxylic acids is 1. The lowest BCUT2D eigenvalue weighted by Crippen LogP contribution is -2.46. The van der Waals surface area contributed by atoms with Gasteiger partial charge in [0.1, 0.15) is 11.9 Å². The van der Waals surface area contributed by atoms with Crippen molar-refractivity contribution in [2.75, 3.05) is 5.75 Å². The monoisotopic (exact) mass is 373 g/mol. The Morgan fingerprint density at radius 2 is 2.10 bits per heavy atom. The summed E-state index contributed by atoms with van der Waals surface area (Å²) in [7, 11) is 0. The maximum atomic E-state index is 13.2. The Kier molecular flexibility index (Phi) is 3.96. The Balaban J connectivity index is 1.93. The van der Waals surface area contributed by atoms with Gasteiger partial charge in [0.15, 0.2) is 0 Å². The Labute approximate surface area is 133 Å². The van der Waals surface area contributed by atoms with Crippen LogP contribution in [0.3, 0.4) is 0 Å². The number of nitrogens with zero attached hydrogens (tertiary/aromatic N) is 1. The lowest BCUT2D eigenvalue weighted by atomic mass is 10.1. The van der Waals surface area contributed by atoms with Gasteiger partial charge in [0, 0.05) is 10.2 Å². The molecule has 0 aromatic heterocycles. The average Bonchev–Trinajstić information content (AvgIpc) is 3.16. The molecule has 2 atom stereocenters. The van der Waals surface area contributed by atoms with Gasteiger partial charge in [-0.1, -0.05) is 0 Å². The number of carboxylic acid groups (broad SMARTS) is 1. The number of carbonyl (C=O) groups is 2. The van der Waals surface area contributed by atoms with Gasteiger partial charge in [0.05, 0.1) is 10.9 Å². The van der Waals surface area contributed by atoms with Crippen molar-refractivity contribution in [3.05, 3.63) is 34.1 Å². The minimum absolute atomic E-state index is 0.0875. The fourth-order valence-corrected chi connectivity index (χ4v) is 4.67. The first-order valence-corrected chi connectivity index (χ1v) is 8.45. The number of carboxylic acids is 1. The molecule has 2 aliphatic rings. The van der Waals surface area contributed by atoms with Crippen LogP contribution >= 0.6 is 27.7 Å². The Morgan fingerprint density at radius 1 is 1.38 bits per heavy atom. The summed E-state index contributed by atoms with van der Waals surface area (Å²) in [4.78, 5) is 25.6. The van der Waals surface area contributed by atoms with Gasteiger partial charge < -0.3 is 10.0 Å². The van der Waals surface area contributed by atoms with E-state index in [0.29, 0.717) is 21.7 Å². The van der Waals surface area contributed by atoms with Crippen LogP contribution in [0.2, 0.25) is 0 Å². The normalized spacial score (nSPS) is 25.1. The summed E-state index contributed by atoms with van der Waals surface area (Å²) >= 11 is 4.71. The minimum Gasteiger partial charge on any atom is -0.480 e. The van der Waals surface area contributed by atoms with Crippen molar-refractivity contribution >= 4 is 39.6 Å². The van der Waals surface area contributed by atoms with E-state index in [1.54, 1.807) is 0 Å². The van der Waals surface area contributed by atoms with Crippen molar-refractivity contribution in [1.82, 2.24) is 4.90 Å². The van der Waals surface area contributed by atoms with Gasteiger partial charge in [-0.2, -0.15) is 0 Å². The summed E-state index contributed by atoms with van der Waals surface area (Å²) in [5, 5.41) is 9.25. The van der Waals surface area contributed by atoms with E-state index in [1.165, 1.54) is 34.9 Å². The Bertz CT molecular complexity index is 608. The second-order valence-corrected chi connectivity index (χ2v) is 7.26. The Hall–Kier alpha value is -1.08. The molecule has 1 aromatic rings. The van der Waals surface area contributed by atoms with Crippen molar-refractivity contribution < 1.29 is 19.1 Å². The molecule has 0 spiro atoms. The van der Waals surface area contributed by atoms with E-state index >= 15 is 0 Å². The first-order valence-electron chi connectivity index (χ1n) is 6.61. The maximum Gasteiger partial charge on any atom is 0.327 e. The molecule has 1 aromatic carbocycles. The summed E-state index contributed by atoms with van der Waals surface area (Å²) in [5.74, 6) is -1.00. The Morgan fingerprint density at radius 3 is 2.67 bits per heavy atom. The van der Waals surface area contributed by atoms with Gasteiger partial charge in [0.2, 0.25) is 0 Å². The highest BCUT2D eigenvalue weighted by Gasteiger charge is 2.48. The molecule has 1 aliphatic carbocycles. The quantitative estimate of drug-likeness (QED) is 0.884. The summed E-state index contributed by atoms with van der Waals surface area (Å²) < 4.78 is 13.5. The van der Waals surface area contributed by atoms with E-state index in [1.807, 2.05) is 0 Å². The second kappa shape index (κ2) is 5.61. The second-order valence-electron chi connectivity index (χ2n) is 5.25. The lowest BCUT2D eigenvalue weighted by molar-refractivity contribution is -0.141. The third kappa shape index (κ3) is 2.81. The number of thioether (sulfide) groups is 1. The number of hydrogen-bond donors (Lipinski definition) is 1. The van der Waals surface area contributed by atoms with Gasteiger partial charge >= 0.3 is 5.97 Å². The van der Waals surface area contributed by atoms with Crippen LogP contribution in [-0.2, 0) is 4.79 Å². The fraction of sp³-hybridized carbons (Fsp3) is 0.429. The standard InChI is InChI=1S/C14H13BrFNO3S/c15-10-5-8(16)3-4-9(10)12(18)17-11(14(19)20)6-21-13(17)7-1-2-7/h3-5,7,11,13H,1-2,6H2,(H,19,20). The van der Waals surface area contributed by atoms with Crippen LogP contribution < -0.4 is 0 Å². The van der Waals surface area contributed by atoms with Crippen LogP contribution in [0.1, 0.15) is 23.2 Å². The number of aliphatic carboxylic acids is 1. The first kappa shape index (κ1) is 14.8. The zero-order valence-electron chi connectivity index (χ0n) is 11.0. The summed E-state index contributed by atoms with van der Waals surface area (Å²) in [5.41, 5.74) is 0.302. The van der Waals surface area contributed by atoms with Crippen molar-refractivity contribution in [3.63, 3.8) is 0 Å². The van der Waals surface area contributed by atoms with E-state index in [2.05, 4.69) is 15.9 Å². The third-order valence-corrected chi connectivity index (χ3v) is 5.86. The molecule has 1 heterocycles. The van der Waals surface area contributed by atoms with Crippen LogP contribution in [0, 0.1) is 11.7 Å². The van der Waals surface area contributed by atoms with Crippen LogP contribution in [0.15, 0.2) is 22.7 Å². The van der Waals surface area contributed by atoms with Crippen LogP contribution in [0.5, 0.6) is 0 Å². The molecule has 7 heteroatoms. The van der Waals surface area contributed by atoms with Crippen LogP contribution in [0.25, 0.3) is 0 Å². The largest absolute Gasteiger partial charge is 0.480 e. The topological polar surface area (TPSA) is 57.6 Å². The smallest absolute Gasteiger partial charge is 0.327 e. The van der Waals surface area contributed by atoms with Crippen molar-refractivity contribution in [1.29, 1.82) is 0 Å². The van der Waals surface area contributed by atoms with Crippen LogP contribution in [0.4, 0.5) is 4.39 Å². The van der Waals surface area contributed by atoms with E-state index in [9.17, 15) is 19.1 Å². The molecule has 112 valence electrons. The number of hydrogen-bond acceptors (Lipinski definition) is 3. The average molecular weight is 374 g/mol. The van der Waals surface area contributed by atoms with Crippen LogP contribution in [-0.4, -0.2) is 39.1 Å².